The lowest BCUT2D eigenvalue weighted by atomic mass is 10.1. The Morgan fingerprint density at radius 1 is 1.24 bits per heavy atom. The monoisotopic (exact) mass is 241 g/mol. The van der Waals surface area contributed by atoms with Crippen LogP contribution in [-0.2, 0) is 4.74 Å². The highest BCUT2D eigenvalue weighted by Crippen LogP contribution is 2.13. The van der Waals surface area contributed by atoms with Gasteiger partial charge in [0.25, 0.3) is 0 Å². The zero-order chi connectivity index (χ0) is 12.3. The molecule has 17 heavy (non-hydrogen) atoms. The van der Waals surface area contributed by atoms with E-state index in [0.717, 1.165) is 6.54 Å². The highest BCUT2D eigenvalue weighted by atomic mass is 16.5. The van der Waals surface area contributed by atoms with Gasteiger partial charge in [-0.15, -0.1) is 0 Å². The largest absolute Gasteiger partial charge is 0.380 e. The van der Waals surface area contributed by atoms with Gasteiger partial charge in [0.2, 0.25) is 0 Å². The van der Waals surface area contributed by atoms with E-state index in [9.17, 15) is 0 Å². The average molecular weight is 241 g/mol. The van der Waals surface area contributed by atoms with Crippen LogP contribution in [-0.4, -0.2) is 74.4 Å². The molecule has 0 radical (unpaired) electrons. The van der Waals surface area contributed by atoms with Crippen molar-refractivity contribution in [3.05, 3.63) is 0 Å². The van der Waals surface area contributed by atoms with E-state index in [1.165, 1.54) is 39.1 Å². The molecule has 2 saturated heterocycles. The Labute approximate surface area is 105 Å². The molecule has 0 bridgehead atoms. The molecule has 2 fully saturated rings. The number of hydrogen-bond donors (Lipinski definition) is 1. The summed E-state index contributed by atoms with van der Waals surface area (Å²) >= 11 is 0. The second kappa shape index (κ2) is 6.14. The van der Waals surface area contributed by atoms with Gasteiger partial charge in [0.05, 0.1) is 6.10 Å². The molecule has 0 aliphatic carbocycles. The Hall–Kier alpha value is -0.160. The summed E-state index contributed by atoms with van der Waals surface area (Å²) in [5.74, 6) is 0. The van der Waals surface area contributed by atoms with Crippen LogP contribution in [0.4, 0.5) is 0 Å². The second-order valence-corrected chi connectivity index (χ2v) is 5.63. The number of nitrogens with zero attached hydrogens (tertiary/aromatic N) is 2. The second-order valence-electron chi connectivity index (χ2n) is 5.63. The molecule has 1 N–H and O–H groups in total. The van der Waals surface area contributed by atoms with Crippen LogP contribution in [0.2, 0.25) is 0 Å². The third-order valence-corrected chi connectivity index (χ3v) is 4.13. The SMILES string of the molecule is CO[C@@H]1CN[C@H](CN2CCN(C(C)C)CC2)C1. The summed E-state index contributed by atoms with van der Waals surface area (Å²) in [5.41, 5.74) is 0. The molecule has 0 amide bonds. The molecule has 2 rings (SSSR count). The molecule has 2 heterocycles. The van der Waals surface area contributed by atoms with Gasteiger partial charge in [-0.2, -0.15) is 0 Å². The van der Waals surface area contributed by atoms with E-state index < -0.39 is 0 Å². The third-order valence-electron chi connectivity index (χ3n) is 4.13. The van der Waals surface area contributed by atoms with Crippen LogP contribution >= 0.6 is 0 Å². The maximum atomic E-state index is 5.39. The molecule has 0 aromatic heterocycles. The number of piperazine rings is 1. The summed E-state index contributed by atoms with van der Waals surface area (Å²) in [6.45, 7) is 11.7. The Kier molecular flexibility index (Phi) is 4.79. The minimum atomic E-state index is 0.428. The van der Waals surface area contributed by atoms with Crippen molar-refractivity contribution in [3.8, 4) is 0 Å². The fraction of sp³-hybridized carbons (Fsp3) is 1.00. The molecule has 2 aliphatic rings. The zero-order valence-electron chi connectivity index (χ0n) is 11.5. The fourth-order valence-electron chi connectivity index (χ4n) is 2.87. The van der Waals surface area contributed by atoms with Gasteiger partial charge < -0.3 is 10.1 Å². The first kappa shape index (κ1) is 13.3. The maximum absolute atomic E-state index is 5.39. The van der Waals surface area contributed by atoms with Crippen molar-refractivity contribution in [2.45, 2.75) is 38.5 Å². The normalized spacial score (nSPS) is 32.5. The van der Waals surface area contributed by atoms with Crippen molar-refractivity contribution in [1.82, 2.24) is 15.1 Å². The van der Waals surface area contributed by atoms with Gasteiger partial charge in [-0.25, -0.2) is 0 Å². The summed E-state index contributed by atoms with van der Waals surface area (Å²) in [6.07, 6.45) is 1.60. The molecule has 2 aliphatic heterocycles. The average Bonchev–Trinajstić information content (AvgIpc) is 2.77. The van der Waals surface area contributed by atoms with Crippen molar-refractivity contribution in [2.75, 3.05) is 46.4 Å². The predicted octanol–water partition coefficient (Wildman–Crippen LogP) is 0.389. The Bertz CT molecular complexity index is 227. The molecule has 0 unspecified atom stereocenters. The summed E-state index contributed by atoms with van der Waals surface area (Å²) in [6, 6.07) is 1.32. The van der Waals surface area contributed by atoms with Crippen molar-refractivity contribution < 1.29 is 4.74 Å². The Morgan fingerprint density at radius 3 is 2.47 bits per heavy atom. The number of ether oxygens (including phenoxy) is 1. The van der Waals surface area contributed by atoms with E-state index in [4.69, 9.17) is 4.74 Å². The minimum Gasteiger partial charge on any atom is -0.380 e. The van der Waals surface area contributed by atoms with Gasteiger partial charge in [-0.3, -0.25) is 9.80 Å². The van der Waals surface area contributed by atoms with Gasteiger partial charge in [0.15, 0.2) is 0 Å². The van der Waals surface area contributed by atoms with Crippen LogP contribution in [0.15, 0.2) is 0 Å². The molecule has 4 nitrogen and oxygen atoms in total. The topological polar surface area (TPSA) is 27.7 Å². The van der Waals surface area contributed by atoms with E-state index in [2.05, 4.69) is 29.0 Å². The number of rotatable bonds is 4. The fourth-order valence-corrected chi connectivity index (χ4v) is 2.87. The lowest BCUT2D eigenvalue weighted by Crippen LogP contribution is -2.51. The van der Waals surface area contributed by atoms with Crippen LogP contribution in [0, 0.1) is 0 Å². The van der Waals surface area contributed by atoms with Gasteiger partial charge in [0.1, 0.15) is 0 Å². The van der Waals surface area contributed by atoms with Gasteiger partial charge in [-0.05, 0) is 20.3 Å². The van der Waals surface area contributed by atoms with Crippen LogP contribution < -0.4 is 5.32 Å². The molecule has 0 saturated carbocycles. The van der Waals surface area contributed by atoms with Crippen molar-refractivity contribution >= 4 is 0 Å². The maximum Gasteiger partial charge on any atom is 0.0711 e. The van der Waals surface area contributed by atoms with Crippen LogP contribution in [0.3, 0.4) is 0 Å². The first-order valence-corrected chi connectivity index (χ1v) is 6.91. The predicted molar refractivity (Wildman–Crippen MR) is 70.4 cm³/mol. The number of hydrogen-bond acceptors (Lipinski definition) is 4. The van der Waals surface area contributed by atoms with E-state index in [0.29, 0.717) is 18.2 Å². The van der Waals surface area contributed by atoms with Crippen LogP contribution in [0.1, 0.15) is 20.3 Å². The molecule has 100 valence electrons. The van der Waals surface area contributed by atoms with Crippen molar-refractivity contribution in [2.24, 2.45) is 0 Å². The van der Waals surface area contributed by atoms with E-state index in [1.54, 1.807) is 0 Å². The zero-order valence-corrected chi connectivity index (χ0v) is 11.5. The van der Waals surface area contributed by atoms with Gasteiger partial charge >= 0.3 is 0 Å². The number of nitrogens with one attached hydrogen (secondary N) is 1. The first-order chi connectivity index (χ1) is 8.19. The highest BCUT2D eigenvalue weighted by Gasteiger charge is 2.27. The van der Waals surface area contributed by atoms with Crippen LogP contribution in [0.5, 0.6) is 0 Å². The smallest absolute Gasteiger partial charge is 0.0711 e. The minimum absolute atomic E-state index is 0.428. The van der Waals surface area contributed by atoms with Gasteiger partial charge in [0, 0.05) is 58.5 Å². The number of methoxy groups -OCH3 is 1. The van der Waals surface area contributed by atoms with Crippen molar-refractivity contribution in [3.63, 3.8) is 0 Å². The van der Waals surface area contributed by atoms with E-state index >= 15 is 0 Å². The molecular weight excluding hydrogens is 214 g/mol. The molecule has 0 aromatic carbocycles. The Morgan fingerprint density at radius 2 is 1.94 bits per heavy atom. The van der Waals surface area contributed by atoms with Crippen LogP contribution in [0.25, 0.3) is 0 Å². The standard InChI is InChI=1S/C13H27N3O/c1-11(2)16-6-4-15(5-7-16)10-12-8-13(17-3)9-14-12/h11-14H,4-10H2,1-3H3/t12-,13-/m0/s1. The lowest BCUT2D eigenvalue weighted by molar-refractivity contribution is 0.0960. The quantitative estimate of drug-likeness (QED) is 0.770. The molecular formula is C13H27N3O. The van der Waals surface area contributed by atoms with Gasteiger partial charge in [-0.1, -0.05) is 0 Å². The molecule has 2 atom stereocenters. The molecule has 0 aromatic rings. The van der Waals surface area contributed by atoms with E-state index in [1.807, 2.05) is 7.11 Å². The molecule has 0 spiro atoms. The summed E-state index contributed by atoms with van der Waals surface area (Å²) in [5, 5.41) is 3.56. The Balaban J connectivity index is 1.68. The van der Waals surface area contributed by atoms with Crippen molar-refractivity contribution in [1.29, 1.82) is 0 Å². The molecule has 4 heteroatoms. The third kappa shape index (κ3) is 3.65. The summed E-state index contributed by atoms with van der Waals surface area (Å²) in [4.78, 5) is 5.16. The van der Waals surface area contributed by atoms with E-state index in [-0.39, 0.29) is 0 Å². The lowest BCUT2D eigenvalue weighted by Gasteiger charge is -2.37. The first-order valence-electron chi connectivity index (χ1n) is 6.91. The summed E-state index contributed by atoms with van der Waals surface area (Å²) < 4.78 is 5.39. The summed E-state index contributed by atoms with van der Waals surface area (Å²) in [7, 11) is 1.82. The highest BCUT2D eigenvalue weighted by molar-refractivity contribution is 4.86.